The molecule has 0 aliphatic carbocycles. The lowest BCUT2D eigenvalue weighted by atomic mass is 9.97. The lowest BCUT2D eigenvalue weighted by Crippen LogP contribution is -2.41. The number of ketones is 1. The van der Waals surface area contributed by atoms with Gasteiger partial charge in [0.15, 0.2) is 0 Å². The summed E-state index contributed by atoms with van der Waals surface area (Å²) in [6, 6.07) is 17.4. The minimum atomic E-state index is -1.28. The van der Waals surface area contributed by atoms with Crippen LogP contribution in [0.2, 0.25) is 10.0 Å². The first-order valence-electron chi connectivity index (χ1n) is 13.4. The molecule has 0 saturated heterocycles. The van der Waals surface area contributed by atoms with Gasteiger partial charge in [0.1, 0.15) is 11.8 Å². The first kappa shape index (κ1) is 30.1. The SMILES string of the molecule is N=C(N)Cc1ccc2c(c1)N(CCC(=O)CC[C@H](NC(=O)c1c(Cl)cc(-c3ccccc3)cc1Cl)C(=O)O)CCC2. The van der Waals surface area contributed by atoms with Crippen molar-refractivity contribution in [3.8, 4) is 11.1 Å². The van der Waals surface area contributed by atoms with Crippen LogP contribution >= 0.6 is 23.2 Å². The molecule has 10 heteroatoms. The lowest BCUT2D eigenvalue weighted by Gasteiger charge is -2.31. The zero-order valence-corrected chi connectivity index (χ0v) is 24.0. The maximum Gasteiger partial charge on any atom is 0.326 e. The number of nitrogens with one attached hydrogen (secondary N) is 2. The Kier molecular flexibility index (Phi) is 10.0. The van der Waals surface area contributed by atoms with Crippen LogP contribution in [0.25, 0.3) is 11.1 Å². The predicted molar refractivity (Wildman–Crippen MR) is 162 cm³/mol. The predicted octanol–water partition coefficient (Wildman–Crippen LogP) is 5.51. The van der Waals surface area contributed by atoms with Crippen molar-refractivity contribution in [2.75, 3.05) is 18.0 Å². The summed E-state index contributed by atoms with van der Waals surface area (Å²) < 4.78 is 0. The normalized spacial score (nSPS) is 13.3. The summed E-state index contributed by atoms with van der Waals surface area (Å²) in [5.41, 5.74) is 10.3. The average Bonchev–Trinajstić information content (AvgIpc) is 2.93. The highest BCUT2D eigenvalue weighted by Gasteiger charge is 2.25. The molecule has 0 bridgehead atoms. The lowest BCUT2D eigenvalue weighted by molar-refractivity contribution is -0.139. The molecule has 1 heterocycles. The molecular weight excluding hydrogens is 563 g/mol. The van der Waals surface area contributed by atoms with Crippen LogP contribution in [0.15, 0.2) is 60.7 Å². The van der Waals surface area contributed by atoms with E-state index >= 15 is 0 Å². The molecule has 8 nitrogen and oxygen atoms in total. The van der Waals surface area contributed by atoms with Crippen molar-refractivity contribution in [1.29, 1.82) is 5.41 Å². The monoisotopic (exact) mass is 594 g/mol. The van der Waals surface area contributed by atoms with Gasteiger partial charge in [-0.25, -0.2) is 4.79 Å². The van der Waals surface area contributed by atoms with Crippen LogP contribution < -0.4 is 16.0 Å². The summed E-state index contributed by atoms with van der Waals surface area (Å²) in [5.74, 6) is -1.97. The second-order valence-electron chi connectivity index (χ2n) is 10.1. The van der Waals surface area contributed by atoms with E-state index in [9.17, 15) is 19.5 Å². The number of anilines is 1. The number of hydrogen-bond donors (Lipinski definition) is 4. The number of fused-ring (bicyclic) bond motifs is 1. The Bertz CT molecular complexity index is 1440. The molecule has 0 spiro atoms. The Morgan fingerprint density at radius 2 is 1.71 bits per heavy atom. The van der Waals surface area contributed by atoms with Crippen molar-refractivity contribution in [2.45, 2.75) is 44.6 Å². The summed E-state index contributed by atoms with van der Waals surface area (Å²) in [5, 5.41) is 20.0. The number of halogens is 2. The van der Waals surface area contributed by atoms with Crippen LogP contribution in [0.1, 0.15) is 47.2 Å². The largest absolute Gasteiger partial charge is 0.480 e. The van der Waals surface area contributed by atoms with Crippen molar-refractivity contribution in [2.24, 2.45) is 5.73 Å². The van der Waals surface area contributed by atoms with Gasteiger partial charge in [-0.15, -0.1) is 0 Å². The Morgan fingerprint density at radius 1 is 1.00 bits per heavy atom. The highest BCUT2D eigenvalue weighted by Crippen LogP contribution is 2.32. The number of nitrogens with two attached hydrogens (primary N) is 1. The fourth-order valence-electron chi connectivity index (χ4n) is 5.02. The van der Waals surface area contributed by atoms with Gasteiger partial charge in [0.2, 0.25) is 0 Å². The fraction of sp³-hybridized carbons (Fsp3) is 0.290. The van der Waals surface area contributed by atoms with E-state index in [1.807, 2.05) is 42.5 Å². The fourth-order valence-corrected chi connectivity index (χ4v) is 5.68. The maximum absolute atomic E-state index is 13.0. The summed E-state index contributed by atoms with van der Waals surface area (Å²) in [4.78, 5) is 39.8. The van der Waals surface area contributed by atoms with Crippen molar-refractivity contribution in [3.63, 3.8) is 0 Å². The van der Waals surface area contributed by atoms with Crippen LogP contribution in [-0.2, 0) is 22.4 Å². The molecule has 214 valence electrons. The van der Waals surface area contributed by atoms with Gasteiger partial charge in [-0.3, -0.25) is 15.0 Å². The number of aliphatic carboxylic acids is 1. The van der Waals surface area contributed by atoms with E-state index in [-0.39, 0.29) is 46.5 Å². The van der Waals surface area contributed by atoms with E-state index < -0.39 is 17.9 Å². The van der Waals surface area contributed by atoms with E-state index in [4.69, 9.17) is 34.3 Å². The summed E-state index contributed by atoms with van der Waals surface area (Å²) in [7, 11) is 0. The van der Waals surface area contributed by atoms with E-state index in [1.165, 1.54) is 5.56 Å². The van der Waals surface area contributed by atoms with Gasteiger partial charge in [-0.05, 0) is 59.7 Å². The summed E-state index contributed by atoms with van der Waals surface area (Å²) in [6.45, 7) is 1.31. The van der Waals surface area contributed by atoms with Gasteiger partial charge in [-0.2, -0.15) is 0 Å². The minimum absolute atomic E-state index is 0.00324. The molecule has 41 heavy (non-hydrogen) atoms. The summed E-state index contributed by atoms with van der Waals surface area (Å²) >= 11 is 12.8. The molecule has 0 saturated carbocycles. The number of amidine groups is 1. The van der Waals surface area contributed by atoms with E-state index in [0.29, 0.717) is 13.0 Å². The van der Waals surface area contributed by atoms with E-state index in [2.05, 4.69) is 16.3 Å². The van der Waals surface area contributed by atoms with Gasteiger partial charge in [0, 0.05) is 38.0 Å². The molecule has 1 amide bonds. The number of hydrogen-bond acceptors (Lipinski definition) is 5. The second kappa shape index (κ2) is 13.7. The molecule has 0 radical (unpaired) electrons. The van der Waals surface area contributed by atoms with Crippen LogP contribution in [0.5, 0.6) is 0 Å². The molecule has 1 aliphatic rings. The Balaban J connectivity index is 1.35. The molecule has 0 unspecified atom stereocenters. The van der Waals surface area contributed by atoms with Crippen molar-refractivity contribution >= 4 is 52.4 Å². The smallest absolute Gasteiger partial charge is 0.326 e. The third-order valence-electron chi connectivity index (χ3n) is 7.11. The van der Waals surface area contributed by atoms with Crippen molar-refractivity contribution in [3.05, 3.63) is 87.4 Å². The standard InChI is InChI=1S/C31H32Cl2N4O4/c32-24-17-22(20-5-2-1-3-6-20)18-25(33)29(24)30(39)36-26(31(40)41)11-10-23(38)12-14-37-13-4-7-21-9-8-19(15-27(21)37)16-28(34)35/h1-3,5-6,8-9,15,17-18,26H,4,7,10-14,16H2,(H3,34,35)(H,36,39)(H,40,41)/t26-/m0/s1. The van der Waals surface area contributed by atoms with Gasteiger partial charge in [0.25, 0.3) is 5.91 Å². The first-order valence-corrected chi connectivity index (χ1v) is 14.2. The van der Waals surface area contributed by atoms with Crippen LogP contribution in [0.3, 0.4) is 0 Å². The third kappa shape index (κ3) is 7.86. The van der Waals surface area contributed by atoms with E-state index in [0.717, 1.165) is 41.8 Å². The number of benzene rings is 3. The first-order chi connectivity index (χ1) is 19.6. The highest BCUT2D eigenvalue weighted by atomic mass is 35.5. The third-order valence-corrected chi connectivity index (χ3v) is 7.71. The summed E-state index contributed by atoms with van der Waals surface area (Å²) in [6.07, 6.45) is 2.47. The van der Waals surface area contributed by atoms with E-state index in [1.54, 1.807) is 12.1 Å². The topological polar surface area (TPSA) is 137 Å². The molecule has 0 aromatic heterocycles. The zero-order chi connectivity index (χ0) is 29.5. The quantitative estimate of drug-likeness (QED) is 0.161. The minimum Gasteiger partial charge on any atom is -0.480 e. The molecular formula is C31H32Cl2N4O4. The van der Waals surface area contributed by atoms with Gasteiger partial charge < -0.3 is 21.1 Å². The van der Waals surface area contributed by atoms with Crippen LogP contribution in [0.4, 0.5) is 5.69 Å². The number of carbonyl (C=O) groups is 3. The molecule has 5 N–H and O–H groups in total. The van der Waals surface area contributed by atoms with Crippen molar-refractivity contribution < 1.29 is 19.5 Å². The van der Waals surface area contributed by atoms with Crippen LogP contribution in [0, 0.1) is 5.41 Å². The average molecular weight is 596 g/mol. The van der Waals surface area contributed by atoms with Gasteiger partial charge >= 0.3 is 5.97 Å². The number of amides is 1. The zero-order valence-electron chi connectivity index (χ0n) is 22.5. The molecule has 1 aliphatic heterocycles. The molecule has 1 atom stereocenters. The Labute approximate surface area is 249 Å². The van der Waals surface area contributed by atoms with Crippen LogP contribution in [-0.4, -0.2) is 47.7 Å². The number of rotatable bonds is 12. The van der Waals surface area contributed by atoms with Crippen molar-refractivity contribution in [1.82, 2.24) is 5.32 Å². The molecule has 3 aromatic carbocycles. The van der Waals surface area contributed by atoms with Gasteiger partial charge in [0.05, 0.1) is 21.4 Å². The molecule has 0 fully saturated rings. The number of carboxylic acids is 1. The number of carbonyl (C=O) groups excluding carboxylic acids is 2. The number of carboxylic acid groups (broad SMARTS) is 1. The number of aryl methyl sites for hydroxylation is 1. The molecule has 4 rings (SSSR count). The highest BCUT2D eigenvalue weighted by molar-refractivity contribution is 6.40. The Hall–Kier alpha value is -3.88. The second-order valence-corrected chi connectivity index (χ2v) is 10.9. The Morgan fingerprint density at radius 3 is 2.37 bits per heavy atom. The molecule has 3 aromatic rings. The number of nitrogens with zero attached hydrogens (tertiary/aromatic N) is 1. The number of Topliss-reactive ketones (excluding diaryl/α,β-unsaturated/α-hetero) is 1. The maximum atomic E-state index is 13.0. The van der Waals surface area contributed by atoms with Gasteiger partial charge in [-0.1, -0.05) is 65.7 Å².